The van der Waals surface area contributed by atoms with Gasteiger partial charge in [0, 0.05) is 22.1 Å². The molecule has 0 aliphatic heterocycles. The Balaban J connectivity index is 1.62. The highest BCUT2D eigenvalue weighted by Gasteiger charge is 2.11. The van der Waals surface area contributed by atoms with E-state index in [4.69, 9.17) is 5.11 Å². The summed E-state index contributed by atoms with van der Waals surface area (Å²) in [6.45, 7) is 0. The van der Waals surface area contributed by atoms with Gasteiger partial charge in [0.2, 0.25) is 5.91 Å². The molecule has 0 aliphatic rings. The number of amides is 1. The molecule has 0 saturated carbocycles. The second-order valence-electron chi connectivity index (χ2n) is 5.82. The van der Waals surface area contributed by atoms with Crippen molar-refractivity contribution in [2.45, 2.75) is 17.2 Å². The van der Waals surface area contributed by atoms with E-state index < -0.39 is 5.97 Å². The maximum Gasteiger partial charge on any atom is 0.303 e. The van der Waals surface area contributed by atoms with Gasteiger partial charge in [-0.3, -0.25) is 14.4 Å². The van der Waals surface area contributed by atoms with Crippen molar-refractivity contribution in [3.05, 3.63) is 52.5 Å². The number of nitrogens with one attached hydrogen (secondary N) is 1. The molecule has 3 rings (SSSR count). The number of carbonyl (C=O) groups excluding carboxylic acids is 2. The van der Waals surface area contributed by atoms with Gasteiger partial charge >= 0.3 is 5.97 Å². The number of fused-ring (bicyclic) bond motifs is 1. The first kappa shape index (κ1) is 20.5. The second-order valence-corrected chi connectivity index (χ2v) is 8.99. The molecule has 0 fully saturated rings. The lowest BCUT2D eigenvalue weighted by Crippen LogP contribution is -2.12. The van der Waals surface area contributed by atoms with Crippen LogP contribution < -0.4 is 5.32 Å². The molecule has 1 aromatic heterocycles. The Morgan fingerprint density at radius 2 is 1.86 bits per heavy atom. The third-order valence-electron chi connectivity index (χ3n) is 3.71. The molecule has 144 valence electrons. The van der Waals surface area contributed by atoms with E-state index in [0.29, 0.717) is 17.0 Å². The summed E-state index contributed by atoms with van der Waals surface area (Å²) in [6, 6.07) is 12.5. The number of hydrogen-bond acceptors (Lipinski definition) is 6. The van der Waals surface area contributed by atoms with Gasteiger partial charge in [-0.25, -0.2) is 4.98 Å². The summed E-state index contributed by atoms with van der Waals surface area (Å²) in [5.74, 6) is -1.03. The van der Waals surface area contributed by atoms with Crippen LogP contribution in [0.2, 0.25) is 0 Å². The third-order valence-corrected chi connectivity index (χ3v) is 6.40. The minimum Gasteiger partial charge on any atom is -0.481 e. The van der Waals surface area contributed by atoms with Crippen LogP contribution in [0.3, 0.4) is 0 Å². The predicted octanol–water partition coefficient (Wildman–Crippen LogP) is 4.84. The third kappa shape index (κ3) is 5.63. The minimum absolute atomic E-state index is 0.0307. The van der Waals surface area contributed by atoms with Gasteiger partial charge < -0.3 is 10.4 Å². The monoisotopic (exact) mass is 478 g/mol. The summed E-state index contributed by atoms with van der Waals surface area (Å²) in [5, 5.41) is 11.3. The molecule has 0 radical (unpaired) electrons. The van der Waals surface area contributed by atoms with Gasteiger partial charge in [0.25, 0.3) is 0 Å². The van der Waals surface area contributed by atoms with Crippen LogP contribution in [0.25, 0.3) is 10.2 Å². The first-order valence-corrected chi connectivity index (χ1v) is 10.8. The average Bonchev–Trinajstić information content (AvgIpc) is 3.07. The van der Waals surface area contributed by atoms with Crippen molar-refractivity contribution >= 4 is 72.6 Å². The Labute approximate surface area is 177 Å². The number of aromatic nitrogens is 1. The average molecular weight is 479 g/mol. The number of carboxylic acids is 1. The molecule has 28 heavy (non-hydrogen) atoms. The van der Waals surface area contributed by atoms with E-state index in [1.165, 1.54) is 23.1 Å². The number of carboxylic acid groups (broad SMARTS) is 1. The summed E-state index contributed by atoms with van der Waals surface area (Å²) >= 11 is 6.17. The predicted molar refractivity (Wildman–Crippen MR) is 114 cm³/mol. The number of halogens is 1. The Bertz CT molecular complexity index is 1030. The molecular weight excluding hydrogens is 464 g/mol. The Hall–Kier alpha value is -2.23. The van der Waals surface area contributed by atoms with Crippen LogP contribution in [0.15, 0.2) is 51.3 Å². The summed E-state index contributed by atoms with van der Waals surface area (Å²) < 4.78 is 2.58. The van der Waals surface area contributed by atoms with Crippen molar-refractivity contribution in [1.82, 2.24) is 4.98 Å². The van der Waals surface area contributed by atoms with Gasteiger partial charge in [0.05, 0.1) is 22.4 Å². The van der Waals surface area contributed by atoms with Gasteiger partial charge in [-0.1, -0.05) is 39.8 Å². The van der Waals surface area contributed by atoms with E-state index in [-0.39, 0.29) is 24.5 Å². The number of nitrogens with zero attached hydrogens (tertiary/aromatic N) is 1. The maximum absolute atomic E-state index is 12.3. The minimum atomic E-state index is -1.01. The number of aliphatic carboxylic acids is 1. The zero-order valence-electron chi connectivity index (χ0n) is 14.5. The van der Waals surface area contributed by atoms with Crippen molar-refractivity contribution in [2.24, 2.45) is 0 Å². The molecule has 3 aromatic rings. The van der Waals surface area contributed by atoms with E-state index in [1.807, 2.05) is 12.1 Å². The smallest absolute Gasteiger partial charge is 0.303 e. The molecule has 1 heterocycles. The van der Waals surface area contributed by atoms with Crippen molar-refractivity contribution in [1.29, 1.82) is 0 Å². The normalized spacial score (nSPS) is 10.8. The molecule has 0 unspecified atom stereocenters. The number of hydrogen-bond donors (Lipinski definition) is 2. The van der Waals surface area contributed by atoms with Crippen LogP contribution in [-0.2, 0) is 9.59 Å². The number of rotatable bonds is 8. The van der Waals surface area contributed by atoms with Crippen LogP contribution in [-0.4, -0.2) is 33.5 Å². The first-order chi connectivity index (χ1) is 13.4. The van der Waals surface area contributed by atoms with Crippen LogP contribution in [0.5, 0.6) is 0 Å². The van der Waals surface area contributed by atoms with Crippen molar-refractivity contribution in [3.63, 3.8) is 0 Å². The molecular formula is C19H15BrN2O4S2. The number of benzene rings is 2. The highest BCUT2D eigenvalue weighted by molar-refractivity contribution is 9.10. The Kier molecular flexibility index (Phi) is 6.82. The number of thioether (sulfide) groups is 1. The molecule has 6 nitrogen and oxygen atoms in total. The van der Waals surface area contributed by atoms with Gasteiger partial charge in [-0.15, -0.1) is 11.3 Å². The number of Topliss-reactive ketones (excluding diaryl/α,β-unsaturated/α-hetero) is 1. The van der Waals surface area contributed by atoms with E-state index in [2.05, 4.69) is 26.2 Å². The van der Waals surface area contributed by atoms with Crippen LogP contribution >= 0.6 is 39.0 Å². The molecule has 2 N–H and O–H groups in total. The van der Waals surface area contributed by atoms with E-state index >= 15 is 0 Å². The van der Waals surface area contributed by atoms with Gasteiger partial charge in [-0.2, -0.15) is 0 Å². The number of thiazole rings is 1. The summed E-state index contributed by atoms with van der Waals surface area (Å²) in [4.78, 5) is 39.1. The van der Waals surface area contributed by atoms with Crippen molar-refractivity contribution < 1.29 is 19.5 Å². The summed E-state index contributed by atoms with van der Waals surface area (Å²) in [5.41, 5.74) is 2.03. The SMILES string of the molecule is O=C(O)CCC(=O)Nc1ccc2nc(SCC(=O)c3ccc(Br)cc3)sc2c1. The highest BCUT2D eigenvalue weighted by Crippen LogP contribution is 2.31. The fourth-order valence-corrected chi connectivity index (χ4v) is 4.60. The number of carbonyl (C=O) groups is 3. The van der Waals surface area contributed by atoms with Crippen molar-refractivity contribution in [2.75, 3.05) is 11.1 Å². The molecule has 0 spiro atoms. The Morgan fingerprint density at radius 1 is 1.11 bits per heavy atom. The van der Waals surface area contributed by atoms with Gasteiger partial charge in [0.1, 0.15) is 0 Å². The lowest BCUT2D eigenvalue weighted by Gasteiger charge is -2.03. The van der Waals surface area contributed by atoms with E-state index in [0.717, 1.165) is 19.0 Å². The quantitative estimate of drug-likeness (QED) is 0.355. The molecule has 2 aromatic carbocycles. The summed E-state index contributed by atoms with van der Waals surface area (Å²) in [6.07, 6.45) is -0.281. The number of anilines is 1. The molecule has 0 atom stereocenters. The summed E-state index contributed by atoms with van der Waals surface area (Å²) in [7, 11) is 0. The zero-order valence-corrected chi connectivity index (χ0v) is 17.7. The lowest BCUT2D eigenvalue weighted by atomic mass is 10.2. The second kappa shape index (κ2) is 9.31. The topological polar surface area (TPSA) is 96.4 Å². The van der Waals surface area contributed by atoms with Crippen LogP contribution in [0.4, 0.5) is 5.69 Å². The molecule has 9 heteroatoms. The molecule has 0 saturated heterocycles. The maximum atomic E-state index is 12.3. The zero-order chi connectivity index (χ0) is 20.1. The molecule has 0 aliphatic carbocycles. The van der Waals surface area contributed by atoms with Crippen LogP contribution in [0.1, 0.15) is 23.2 Å². The molecule has 1 amide bonds. The van der Waals surface area contributed by atoms with Gasteiger partial charge in [-0.05, 0) is 30.3 Å². The van der Waals surface area contributed by atoms with E-state index in [1.54, 1.807) is 30.3 Å². The standard InChI is InChI=1S/C19H15BrN2O4S2/c20-12-3-1-11(2-4-12)15(23)10-27-19-22-14-6-5-13(9-16(14)28-19)21-17(24)7-8-18(25)26/h1-6,9H,7-8,10H2,(H,21,24)(H,25,26). The fourth-order valence-electron chi connectivity index (χ4n) is 2.33. The number of ketones is 1. The highest BCUT2D eigenvalue weighted by atomic mass is 79.9. The Morgan fingerprint density at radius 3 is 2.57 bits per heavy atom. The van der Waals surface area contributed by atoms with Crippen LogP contribution in [0, 0.1) is 0 Å². The largest absolute Gasteiger partial charge is 0.481 e. The lowest BCUT2D eigenvalue weighted by molar-refractivity contribution is -0.138. The fraction of sp³-hybridized carbons (Fsp3) is 0.158. The first-order valence-electron chi connectivity index (χ1n) is 8.24. The van der Waals surface area contributed by atoms with Gasteiger partial charge in [0.15, 0.2) is 10.1 Å². The molecule has 0 bridgehead atoms. The van der Waals surface area contributed by atoms with Crippen molar-refractivity contribution in [3.8, 4) is 0 Å². The van der Waals surface area contributed by atoms with E-state index in [9.17, 15) is 14.4 Å².